The van der Waals surface area contributed by atoms with Crippen LogP contribution in [0.2, 0.25) is 0 Å². The molecule has 0 amide bonds. The number of carbonyl (C=O) groups excluding carboxylic acids is 1. The Hall–Kier alpha value is -1.35. The van der Waals surface area contributed by atoms with Crippen molar-refractivity contribution in [1.29, 1.82) is 0 Å². The van der Waals surface area contributed by atoms with E-state index in [-0.39, 0.29) is 6.29 Å². The van der Waals surface area contributed by atoms with Crippen LogP contribution in [0.1, 0.15) is 65.4 Å². The summed E-state index contributed by atoms with van der Waals surface area (Å²) in [6, 6.07) is 8.40. The maximum Gasteiger partial charge on any atom is 0.199 e. The van der Waals surface area contributed by atoms with Gasteiger partial charge in [-0.2, -0.15) is 0 Å². The van der Waals surface area contributed by atoms with Crippen LogP contribution in [0.3, 0.4) is 0 Å². The smallest absolute Gasteiger partial charge is 0.199 e. The lowest BCUT2D eigenvalue weighted by molar-refractivity contribution is -0.109. The summed E-state index contributed by atoms with van der Waals surface area (Å²) in [7, 11) is 0. The van der Waals surface area contributed by atoms with Gasteiger partial charge in [-0.1, -0.05) is 46.8 Å². The molecule has 3 nitrogen and oxygen atoms in total. The van der Waals surface area contributed by atoms with Crippen LogP contribution in [0.25, 0.3) is 0 Å². The predicted octanol–water partition coefficient (Wildman–Crippen LogP) is 5.19. The monoisotopic (exact) mass is 320 g/mol. The van der Waals surface area contributed by atoms with Gasteiger partial charge in [-0.25, -0.2) is 0 Å². The largest absolute Gasteiger partial charge is 0.465 e. The number of rotatable bonds is 11. The number of carbonyl (C=O) groups is 1. The molecule has 0 saturated carbocycles. The zero-order valence-corrected chi connectivity index (χ0v) is 15.2. The number of hydrogen-bond acceptors (Lipinski definition) is 3. The summed E-state index contributed by atoms with van der Waals surface area (Å²) in [6.07, 6.45) is 2.73. The number of unbranched alkanes of at least 4 members (excludes halogenated alkanes) is 1. The van der Waals surface area contributed by atoms with Gasteiger partial charge in [0, 0.05) is 12.8 Å². The summed E-state index contributed by atoms with van der Waals surface area (Å²) >= 11 is 0. The molecule has 0 bridgehead atoms. The van der Waals surface area contributed by atoms with Crippen molar-refractivity contribution in [2.45, 2.75) is 66.1 Å². The minimum atomic E-state index is -0.251. The van der Waals surface area contributed by atoms with E-state index in [1.165, 1.54) is 5.56 Å². The number of hydrogen-bond donors (Lipinski definition) is 0. The van der Waals surface area contributed by atoms with E-state index >= 15 is 0 Å². The van der Waals surface area contributed by atoms with Crippen molar-refractivity contribution in [2.24, 2.45) is 11.8 Å². The quantitative estimate of drug-likeness (QED) is 0.320. The van der Waals surface area contributed by atoms with E-state index in [4.69, 9.17) is 9.47 Å². The lowest BCUT2D eigenvalue weighted by Gasteiger charge is -2.26. The first kappa shape index (κ1) is 19.7. The molecule has 0 saturated heterocycles. The lowest BCUT2D eigenvalue weighted by atomic mass is 9.80. The molecule has 0 fully saturated rings. The van der Waals surface area contributed by atoms with Crippen LogP contribution in [0, 0.1) is 11.8 Å². The second-order valence-electron chi connectivity index (χ2n) is 6.72. The minimum absolute atomic E-state index is 0.251. The molecule has 1 rings (SSSR count). The average molecular weight is 320 g/mol. The van der Waals surface area contributed by atoms with E-state index in [0.29, 0.717) is 30.8 Å². The van der Waals surface area contributed by atoms with Crippen molar-refractivity contribution < 1.29 is 14.3 Å². The summed E-state index contributed by atoms with van der Waals surface area (Å²) < 4.78 is 11.6. The van der Waals surface area contributed by atoms with Gasteiger partial charge >= 0.3 is 0 Å². The summed E-state index contributed by atoms with van der Waals surface area (Å²) in [5, 5.41) is 0. The molecule has 3 heteroatoms. The zero-order chi connectivity index (χ0) is 17.2. The molecule has 1 aromatic rings. The number of aldehydes is 1. The Balaban J connectivity index is 2.62. The first-order chi connectivity index (χ1) is 11.0. The van der Waals surface area contributed by atoms with Gasteiger partial charge in [0.05, 0.1) is 6.61 Å². The Labute approximate surface area is 141 Å². The molecule has 0 aliphatic rings. The summed E-state index contributed by atoms with van der Waals surface area (Å²) in [6.45, 7) is 11.7. The average Bonchev–Trinajstić information content (AvgIpc) is 2.51. The molecule has 0 aliphatic carbocycles. The maximum absolute atomic E-state index is 10.3. The molecule has 0 aliphatic heterocycles. The fourth-order valence-corrected chi connectivity index (χ4v) is 3.08. The molecule has 1 aromatic carbocycles. The first-order valence-corrected chi connectivity index (χ1v) is 8.81. The highest BCUT2D eigenvalue weighted by molar-refractivity contribution is 5.48. The van der Waals surface area contributed by atoms with Gasteiger partial charge in [0.1, 0.15) is 12.0 Å². The van der Waals surface area contributed by atoms with E-state index in [9.17, 15) is 4.79 Å². The third kappa shape index (κ3) is 6.74. The Bertz CT molecular complexity index is 429. The van der Waals surface area contributed by atoms with Gasteiger partial charge in [0.2, 0.25) is 0 Å². The Morgan fingerprint density at radius 2 is 1.65 bits per heavy atom. The normalized spacial score (nSPS) is 12.9. The predicted molar refractivity (Wildman–Crippen MR) is 94.8 cm³/mol. The van der Waals surface area contributed by atoms with Crippen molar-refractivity contribution in [3.05, 3.63) is 29.8 Å². The molecule has 0 spiro atoms. The highest BCUT2D eigenvalue weighted by Crippen LogP contribution is 2.32. The maximum atomic E-state index is 10.3. The second kappa shape index (κ2) is 10.4. The van der Waals surface area contributed by atoms with Gasteiger partial charge in [-0.15, -0.1) is 0 Å². The van der Waals surface area contributed by atoms with Crippen LogP contribution in [0.4, 0.5) is 0 Å². The number of benzene rings is 1. The molecular formula is C20H32O3. The third-order valence-electron chi connectivity index (χ3n) is 4.07. The Morgan fingerprint density at radius 3 is 2.13 bits per heavy atom. The fraction of sp³-hybridized carbons (Fsp3) is 0.650. The molecule has 0 radical (unpaired) electrons. The van der Waals surface area contributed by atoms with E-state index in [2.05, 4.69) is 39.8 Å². The van der Waals surface area contributed by atoms with Crippen LogP contribution in [0.5, 0.6) is 5.75 Å². The standard InChI is InChI=1S/C20H32O3/c1-6-19(22-14-8-7-13-21)23-18-11-9-17(10-12-18)20(15(2)3)16(4)5/h9-13,15-16,19-20H,6-8,14H2,1-5H3. The van der Waals surface area contributed by atoms with Gasteiger partial charge in [0.25, 0.3) is 0 Å². The Kier molecular flexibility index (Phi) is 8.93. The van der Waals surface area contributed by atoms with Gasteiger partial charge in [-0.3, -0.25) is 0 Å². The van der Waals surface area contributed by atoms with Crippen LogP contribution in [0.15, 0.2) is 24.3 Å². The van der Waals surface area contributed by atoms with Gasteiger partial charge in [-0.05, 0) is 41.9 Å². The van der Waals surface area contributed by atoms with Gasteiger partial charge < -0.3 is 14.3 Å². The molecule has 0 heterocycles. The molecule has 1 atom stereocenters. The van der Waals surface area contributed by atoms with Crippen LogP contribution in [-0.2, 0) is 9.53 Å². The first-order valence-electron chi connectivity index (χ1n) is 8.81. The van der Waals surface area contributed by atoms with Crippen LogP contribution >= 0.6 is 0 Å². The molecule has 0 N–H and O–H groups in total. The van der Waals surface area contributed by atoms with Gasteiger partial charge in [0.15, 0.2) is 6.29 Å². The van der Waals surface area contributed by atoms with Crippen molar-refractivity contribution in [1.82, 2.24) is 0 Å². The molecule has 1 unspecified atom stereocenters. The summed E-state index contributed by atoms with van der Waals surface area (Å²) in [5.74, 6) is 2.63. The van der Waals surface area contributed by atoms with Crippen molar-refractivity contribution in [3.8, 4) is 5.75 Å². The Morgan fingerprint density at radius 1 is 1.04 bits per heavy atom. The fourth-order valence-electron chi connectivity index (χ4n) is 3.08. The molecule has 0 aromatic heterocycles. The highest BCUT2D eigenvalue weighted by atomic mass is 16.7. The van der Waals surface area contributed by atoms with Crippen molar-refractivity contribution >= 4 is 6.29 Å². The zero-order valence-electron chi connectivity index (χ0n) is 15.2. The van der Waals surface area contributed by atoms with E-state index < -0.39 is 0 Å². The molecule has 130 valence electrons. The van der Waals surface area contributed by atoms with E-state index in [1.54, 1.807) is 0 Å². The SMILES string of the molecule is CCC(OCCCC=O)Oc1ccc(C(C(C)C)C(C)C)cc1. The van der Waals surface area contributed by atoms with Crippen LogP contribution in [-0.4, -0.2) is 19.2 Å². The minimum Gasteiger partial charge on any atom is -0.465 e. The van der Waals surface area contributed by atoms with E-state index in [0.717, 1.165) is 24.9 Å². The topological polar surface area (TPSA) is 35.5 Å². The van der Waals surface area contributed by atoms with Crippen molar-refractivity contribution in [2.75, 3.05) is 6.61 Å². The third-order valence-corrected chi connectivity index (χ3v) is 4.07. The number of ether oxygens (including phenoxy) is 2. The van der Waals surface area contributed by atoms with Crippen molar-refractivity contribution in [3.63, 3.8) is 0 Å². The lowest BCUT2D eigenvalue weighted by Crippen LogP contribution is -2.20. The van der Waals surface area contributed by atoms with E-state index in [1.807, 2.05) is 19.1 Å². The van der Waals surface area contributed by atoms with Crippen LogP contribution < -0.4 is 4.74 Å². The molecule has 23 heavy (non-hydrogen) atoms. The highest BCUT2D eigenvalue weighted by Gasteiger charge is 2.19. The summed E-state index contributed by atoms with van der Waals surface area (Å²) in [4.78, 5) is 10.3. The summed E-state index contributed by atoms with van der Waals surface area (Å²) in [5.41, 5.74) is 1.36. The molecular weight excluding hydrogens is 288 g/mol. The second-order valence-corrected chi connectivity index (χ2v) is 6.72.